The lowest BCUT2D eigenvalue weighted by molar-refractivity contribution is -0.117. The van der Waals surface area contributed by atoms with E-state index in [-0.39, 0.29) is 12.8 Å². The quantitative estimate of drug-likeness (QED) is 0.258. The molecule has 2 amide bonds. The first kappa shape index (κ1) is 28.9. The van der Waals surface area contributed by atoms with Crippen LogP contribution in [0.3, 0.4) is 0 Å². The number of hydrogen-bond donors (Lipinski definition) is 3. The summed E-state index contributed by atoms with van der Waals surface area (Å²) in [6, 6.07) is 9.28. The van der Waals surface area contributed by atoms with Crippen molar-refractivity contribution < 1.29 is 23.1 Å². The first-order chi connectivity index (χ1) is 20.2. The van der Waals surface area contributed by atoms with E-state index in [9.17, 15) is 9.59 Å². The number of amides is 2. The third-order valence-corrected chi connectivity index (χ3v) is 7.03. The van der Waals surface area contributed by atoms with E-state index in [2.05, 4.69) is 40.9 Å². The Kier molecular flexibility index (Phi) is 8.57. The molecule has 3 heterocycles. The van der Waals surface area contributed by atoms with Gasteiger partial charge in [0, 0.05) is 47.0 Å². The molecule has 3 N–H and O–H groups in total. The Hall–Kier alpha value is -4.65. The van der Waals surface area contributed by atoms with Gasteiger partial charge in [-0.3, -0.25) is 10.1 Å². The first-order valence-corrected chi connectivity index (χ1v) is 13.5. The van der Waals surface area contributed by atoms with Gasteiger partial charge in [0.15, 0.2) is 0 Å². The van der Waals surface area contributed by atoms with Gasteiger partial charge in [-0.2, -0.15) is 4.68 Å². The fourth-order valence-electron chi connectivity index (χ4n) is 4.79. The summed E-state index contributed by atoms with van der Waals surface area (Å²) < 4.78 is 36.1. The topological polar surface area (TPSA) is 140 Å². The lowest BCUT2D eigenvalue weighted by atomic mass is 9.95. The number of hydrogen-bond acceptors (Lipinski definition) is 7. The minimum absolute atomic E-state index is 0.246. The molecule has 0 aliphatic carbocycles. The van der Waals surface area contributed by atoms with Crippen molar-refractivity contribution in [2.24, 2.45) is 0 Å². The molecule has 5 rings (SSSR count). The Bertz CT molecular complexity index is 1610. The maximum absolute atomic E-state index is 15.0. The molecule has 0 radical (unpaired) electrons. The number of nitrogens with zero attached hydrogens (tertiary/aromatic N) is 5. The third kappa shape index (κ3) is 6.97. The van der Waals surface area contributed by atoms with Crippen LogP contribution in [0.25, 0.3) is 23.0 Å². The van der Waals surface area contributed by atoms with Crippen LogP contribution in [0.2, 0.25) is 5.02 Å². The molecule has 0 spiro atoms. The van der Waals surface area contributed by atoms with Crippen molar-refractivity contribution in [1.82, 2.24) is 35.5 Å². The predicted molar refractivity (Wildman–Crippen MR) is 151 cm³/mol. The van der Waals surface area contributed by atoms with Crippen LogP contribution < -0.4 is 10.6 Å². The number of imidazole rings is 1. The SMILES string of the molecule is COC(=O)Nc1ccc2c(c1)CC(F)(F)CCCC[C@H](NC(=O)/C=C/c1cc(Cl)ccc1-n1cnnn1)c1nc-2c[nH]1. The van der Waals surface area contributed by atoms with Crippen molar-refractivity contribution in [2.75, 3.05) is 12.4 Å². The molecular weight excluding hydrogens is 570 g/mol. The zero-order valence-electron chi connectivity index (χ0n) is 22.5. The van der Waals surface area contributed by atoms with Gasteiger partial charge in [0.2, 0.25) is 5.91 Å². The van der Waals surface area contributed by atoms with Gasteiger partial charge in [-0.1, -0.05) is 24.1 Å². The largest absolute Gasteiger partial charge is 0.453 e. The molecule has 11 nitrogen and oxygen atoms in total. The Morgan fingerprint density at radius 3 is 2.86 bits per heavy atom. The number of ether oxygens (including phenoxy) is 1. The van der Waals surface area contributed by atoms with Crippen LogP contribution in [0.1, 0.15) is 48.7 Å². The van der Waals surface area contributed by atoms with E-state index in [0.29, 0.717) is 57.4 Å². The molecule has 0 saturated heterocycles. The predicted octanol–water partition coefficient (Wildman–Crippen LogP) is 5.51. The van der Waals surface area contributed by atoms with Crippen molar-refractivity contribution in [3.05, 3.63) is 77.0 Å². The second kappa shape index (κ2) is 12.5. The van der Waals surface area contributed by atoms with Crippen LogP contribution in [-0.2, 0) is 16.0 Å². The molecule has 0 unspecified atom stereocenters. The van der Waals surface area contributed by atoms with Crippen LogP contribution in [0.15, 0.2) is 55.0 Å². The van der Waals surface area contributed by atoms with Gasteiger partial charge >= 0.3 is 6.09 Å². The Morgan fingerprint density at radius 2 is 2.07 bits per heavy atom. The van der Waals surface area contributed by atoms with E-state index in [0.717, 1.165) is 0 Å². The molecule has 4 aromatic rings. The second-order valence-electron chi connectivity index (χ2n) is 9.79. The standard InChI is InChI=1S/C28H27ClF2N8O3/c1-42-27(41)34-20-7-8-21-18(13-20)14-28(30,31)11-3-2-4-22(26-32-15-23(21)36-26)35-25(40)10-5-17-12-19(29)6-9-24(17)39-16-33-37-38-39/h5-10,12-13,15-16,22H,2-4,11,14H2,1H3,(H,32,36)(H,34,41)(H,35,40)/b10-5+/t22-/m0/s1. The Morgan fingerprint density at radius 1 is 1.21 bits per heavy atom. The molecule has 0 fully saturated rings. The molecule has 1 aliphatic heterocycles. The summed E-state index contributed by atoms with van der Waals surface area (Å²) in [5.41, 5.74) is 2.84. The lowest BCUT2D eigenvalue weighted by Crippen LogP contribution is -2.28. The number of carbonyl (C=O) groups excluding carboxylic acids is 2. The molecule has 2 bridgehead atoms. The maximum atomic E-state index is 15.0. The third-order valence-electron chi connectivity index (χ3n) is 6.79. The number of alkyl halides is 2. The Balaban J connectivity index is 1.40. The molecular formula is C28H27ClF2N8O3. The number of rotatable bonds is 5. The summed E-state index contributed by atoms with van der Waals surface area (Å²) in [4.78, 5) is 32.5. The fourth-order valence-corrected chi connectivity index (χ4v) is 4.97. The zero-order chi connectivity index (χ0) is 29.7. The minimum Gasteiger partial charge on any atom is -0.453 e. The highest BCUT2D eigenvalue weighted by Gasteiger charge is 2.31. The summed E-state index contributed by atoms with van der Waals surface area (Å²) in [7, 11) is 1.22. The average Bonchev–Trinajstić information content (AvgIpc) is 3.66. The van der Waals surface area contributed by atoms with Crippen molar-refractivity contribution in [3.63, 3.8) is 0 Å². The summed E-state index contributed by atoms with van der Waals surface area (Å²) in [5.74, 6) is -2.89. The average molecular weight is 597 g/mol. The number of methoxy groups -OCH3 is 1. The number of aromatic amines is 1. The number of nitrogens with one attached hydrogen (secondary N) is 3. The van der Waals surface area contributed by atoms with Crippen molar-refractivity contribution >= 4 is 35.4 Å². The van der Waals surface area contributed by atoms with Crippen LogP contribution in [-0.4, -0.2) is 55.2 Å². The highest BCUT2D eigenvalue weighted by atomic mass is 35.5. The van der Waals surface area contributed by atoms with Gasteiger partial charge < -0.3 is 15.0 Å². The summed E-state index contributed by atoms with van der Waals surface area (Å²) in [5, 5.41) is 17.1. The number of H-pyrrole nitrogens is 1. The normalized spacial score (nSPS) is 16.6. The fraction of sp³-hybridized carbons (Fsp3) is 0.286. The smallest absolute Gasteiger partial charge is 0.411 e. The summed E-state index contributed by atoms with van der Waals surface area (Å²) >= 11 is 6.17. The lowest BCUT2D eigenvalue weighted by Gasteiger charge is -2.21. The number of anilines is 1. The number of aromatic nitrogens is 6. The van der Waals surface area contributed by atoms with Gasteiger partial charge in [0.05, 0.1) is 24.5 Å². The maximum Gasteiger partial charge on any atom is 0.411 e. The van der Waals surface area contributed by atoms with Gasteiger partial charge in [0.1, 0.15) is 12.2 Å². The minimum atomic E-state index is -2.98. The summed E-state index contributed by atoms with van der Waals surface area (Å²) in [6.45, 7) is 0. The van der Waals surface area contributed by atoms with Crippen LogP contribution in [0.5, 0.6) is 0 Å². The second-order valence-corrected chi connectivity index (χ2v) is 10.2. The Labute approximate surface area is 244 Å². The van der Waals surface area contributed by atoms with Gasteiger partial charge in [0.25, 0.3) is 5.92 Å². The molecule has 218 valence electrons. The van der Waals surface area contributed by atoms with Crippen molar-refractivity contribution in [1.29, 1.82) is 0 Å². The number of benzene rings is 2. The number of fused-ring (bicyclic) bond motifs is 4. The zero-order valence-corrected chi connectivity index (χ0v) is 23.2. The van der Waals surface area contributed by atoms with Crippen LogP contribution >= 0.6 is 11.6 Å². The van der Waals surface area contributed by atoms with E-state index in [1.54, 1.807) is 42.6 Å². The number of carbonyl (C=O) groups is 2. The molecule has 2 aromatic heterocycles. The highest BCUT2D eigenvalue weighted by Crippen LogP contribution is 2.35. The number of tetrazole rings is 1. The molecule has 1 atom stereocenters. The monoisotopic (exact) mass is 596 g/mol. The highest BCUT2D eigenvalue weighted by molar-refractivity contribution is 6.30. The van der Waals surface area contributed by atoms with E-state index >= 15 is 8.78 Å². The van der Waals surface area contributed by atoms with Gasteiger partial charge in [-0.05, 0) is 65.2 Å². The number of halogens is 3. The van der Waals surface area contributed by atoms with Crippen LogP contribution in [0, 0.1) is 0 Å². The van der Waals surface area contributed by atoms with E-state index in [1.807, 2.05) is 0 Å². The van der Waals surface area contributed by atoms with E-state index in [1.165, 1.54) is 30.3 Å². The molecule has 1 aliphatic rings. The van der Waals surface area contributed by atoms with Gasteiger partial charge in [-0.25, -0.2) is 18.6 Å². The van der Waals surface area contributed by atoms with E-state index < -0.39 is 30.4 Å². The molecule has 14 heteroatoms. The molecule has 42 heavy (non-hydrogen) atoms. The van der Waals surface area contributed by atoms with Crippen molar-refractivity contribution in [2.45, 2.75) is 44.1 Å². The molecule has 0 saturated carbocycles. The van der Waals surface area contributed by atoms with Gasteiger partial charge in [-0.15, -0.1) is 5.10 Å². The van der Waals surface area contributed by atoms with Crippen molar-refractivity contribution in [3.8, 4) is 16.9 Å². The first-order valence-electron chi connectivity index (χ1n) is 13.1. The van der Waals surface area contributed by atoms with E-state index in [4.69, 9.17) is 11.6 Å². The summed E-state index contributed by atoms with van der Waals surface area (Å²) in [6.07, 6.45) is 5.56. The van der Waals surface area contributed by atoms with Crippen LogP contribution in [0.4, 0.5) is 19.3 Å². The molecule has 2 aromatic carbocycles.